The lowest BCUT2D eigenvalue weighted by Crippen LogP contribution is -2.24. The summed E-state index contributed by atoms with van der Waals surface area (Å²) in [6.07, 6.45) is 3.33. The number of nitrogens with zero attached hydrogens (tertiary/aromatic N) is 2. The molecule has 1 aromatic heterocycles. The molecule has 0 aliphatic carbocycles. The highest BCUT2D eigenvalue weighted by molar-refractivity contribution is 6.06. The molecule has 0 bridgehead atoms. The van der Waals surface area contributed by atoms with Crippen molar-refractivity contribution < 1.29 is 4.79 Å². The molecule has 1 aliphatic rings. The minimum Gasteiger partial charge on any atom is -0.340 e. The number of carbonyl (C=O) groups excluding carboxylic acids is 1. The van der Waals surface area contributed by atoms with Crippen LogP contribution in [0.4, 0.5) is 0 Å². The first-order chi connectivity index (χ1) is 6.81. The van der Waals surface area contributed by atoms with Crippen molar-refractivity contribution in [3.05, 3.63) is 30.1 Å². The van der Waals surface area contributed by atoms with Gasteiger partial charge in [-0.2, -0.15) is 0 Å². The minimum absolute atomic E-state index is 0.0985. The molecule has 72 valence electrons. The van der Waals surface area contributed by atoms with E-state index in [0.717, 1.165) is 5.56 Å². The van der Waals surface area contributed by atoms with Gasteiger partial charge >= 0.3 is 0 Å². The van der Waals surface area contributed by atoms with Gasteiger partial charge in [-0.15, -0.1) is 0 Å². The molecule has 0 saturated carbocycles. The molecule has 2 heterocycles. The molecule has 1 unspecified atom stereocenters. The Morgan fingerprint density at radius 1 is 1.57 bits per heavy atom. The first kappa shape index (κ1) is 8.68. The molecule has 5 nitrogen and oxygen atoms in total. The van der Waals surface area contributed by atoms with E-state index in [0.29, 0.717) is 5.96 Å². The molecule has 1 atom stereocenters. The van der Waals surface area contributed by atoms with Crippen molar-refractivity contribution in [3.8, 4) is 0 Å². The standard InChI is InChI=1S/C9H10N4O/c1-10-9-12-7(8(14)13-9)6-3-2-4-11-5-6/h2-5,7H,1H3,(H2,10,12,13,14). The molecule has 1 fully saturated rings. The minimum atomic E-state index is -0.373. The molecule has 1 aliphatic heterocycles. The van der Waals surface area contributed by atoms with Crippen LogP contribution in [0, 0.1) is 0 Å². The first-order valence-corrected chi connectivity index (χ1v) is 4.25. The molecule has 2 N–H and O–H groups in total. The van der Waals surface area contributed by atoms with Crippen LogP contribution < -0.4 is 10.6 Å². The quantitative estimate of drug-likeness (QED) is 0.646. The van der Waals surface area contributed by atoms with Gasteiger partial charge in [-0.05, 0) is 6.07 Å². The van der Waals surface area contributed by atoms with Crippen LogP contribution >= 0.6 is 0 Å². The predicted octanol–water partition coefficient (Wildman–Crippen LogP) is -0.172. The van der Waals surface area contributed by atoms with E-state index in [1.54, 1.807) is 25.5 Å². The van der Waals surface area contributed by atoms with Gasteiger partial charge in [0, 0.05) is 25.0 Å². The summed E-state index contributed by atoms with van der Waals surface area (Å²) >= 11 is 0. The molecule has 14 heavy (non-hydrogen) atoms. The zero-order chi connectivity index (χ0) is 9.97. The third-order valence-corrected chi connectivity index (χ3v) is 2.03. The third kappa shape index (κ3) is 1.44. The Morgan fingerprint density at radius 3 is 3.00 bits per heavy atom. The van der Waals surface area contributed by atoms with Gasteiger partial charge in [-0.3, -0.25) is 20.1 Å². The number of aromatic nitrogens is 1. The maximum atomic E-state index is 11.5. The normalized spacial score (nSPS) is 23.4. The smallest absolute Gasteiger partial charge is 0.253 e. The number of carbonyl (C=O) groups is 1. The van der Waals surface area contributed by atoms with Crippen molar-refractivity contribution in [3.63, 3.8) is 0 Å². The number of amides is 1. The number of nitrogens with one attached hydrogen (secondary N) is 2. The molecule has 5 heteroatoms. The maximum absolute atomic E-state index is 11.5. The Kier molecular flexibility index (Phi) is 2.14. The molecule has 0 aromatic carbocycles. The van der Waals surface area contributed by atoms with E-state index in [1.165, 1.54) is 0 Å². The predicted molar refractivity (Wildman–Crippen MR) is 51.6 cm³/mol. The van der Waals surface area contributed by atoms with E-state index in [-0.39, 0.29) is 11.9 Å². The fourth-order valence-electron chi connectivity index (χ4n) is 1.33. The average molecular weight is 190 g/mol. The first-order valence-electron chi connectivity index (χ1n) is 4.25. The van der Waals surface area contributed by atoms with Crippen LogP contribution in [0.1, 0.15) is 11.6 Å². The zero-order valence-electron chi connectivity index (χ0n) is 7.69. The topological polar surface area (TPSA) is 66.4 Å². The monoisotopic (exact) mass is 190 g/mol. The number of pyridine rings is 1. The maximum Gasteiger partial charge on any atom is 0.253 e. The van der Waals surface area contributed by atoms with Crippen LogP contribution in [-0.4, -0.2) is 23.9 Å². The second kappa shape index (κ2) is 3.45. The van der Waals surface area contributed by atoms with Crippen molar-refractivity contribution >= 4 is 11.9 Å². The Hall–Kier alpha value is -1.91. The van der Waals surface area contributed by atoms with Crippen LogP contribution in [0.3, 0.4) is 0 Å². The van der Waals surface area contributed by atoms with Gasteiger partial charge in [0.1, 0.15) is 6.04 Å². The summed E-state index contributed by atoms with van der Waals surface area (Å²) in [6, 6.07) is 3.27. The Morgan fingerprint density at radius 2 is 2.43 bits per heavy atom. The number of rotatable bonds is 1. The van der Waals surface area contributed by atoms with Gasteiger partial charge in [0.2, 0.25) is 0 Å². The molecule has 1 amide bonds. The molecular formula is C9H10N4O. The summed E-state index contributed by atoms with van der Waals surface area (Å²) in [6.45, 7) is 0. The molecule has 2 rings (SSSR count). The van der Waals surface area contributed by atoms with Crippen LogP contribution in [0.2, 0.25) is 0 Å². The van der Waals surface area contributed by atoms with Crippen molar-refractivity contribution in [1.29, 1.82) is 0 Å². The van der Waals surface area contributed by atoms with Crippen LogP contribution in [0.25, 0.3) is 0 Å². The van der Waals surface area contributed by atoms with Crippen LogP contribution in [-0.2, 0) is 4.79 Å². The number of hydrogen-bond donors (Lipinski definition) is 2. The summed E-state index contributed by atoms with van der Waals surface area (Å²) in [5.74, 6) is 0.405. The second-order valence-corrected chi connectivity index (χ2v) is 2.93. The highest BCUT2D eigenvalue weighted by atomic mass is 16.2. The van der Waals surface area contributed by atoms with Crippen molar-refractivity contribution in [2.45, 2.75) is 6.04 Å². The number of guanidine groups is 1. The zero-order valence-corrected chi connectivity index (χ0v) is 7.69. The Labute approximate surface area is 81.3 Å². The Bertz CT molecular complexity index is 374. The van der Waals surface area contributed by atoms with Gasteiger partial charge in [0.15, 0.2) is 5.96 Å². The van der Waals surface area contributed by atoms with E-state index < -0.39 is 0 Å². The fourth-order valence-corrected chi connectivity index (χ4v) is 1.33. The highest BCUT2D eigenvalue weighted by Crippen LogP contribution is 2.14. The van der Waals surface area contributed by atoms with E-state index in [9.17, 15) is 4.79 Å². The van der Waals surface area contributed by atoms with Gasteiger partial charge in [-0.1, -0.05) is 6.07 Å². The summed E-state index contributed by atoms with van der Waals surface area (Å²) in [5, 5.41) is 5.58. The Balaban J connectivity index is 2.25. The lowest BCUT2D eigenvalue weighted by atomic mass is 10.1. The summed E-state index contributed by atoms with van der Waals surface area (Å²) in [4.78, 5) is 19.3. The van der Waals surface area contributed by atoms with Crippen LogP contribution in [0.15, 0.2) is 29.5 Å². The second-order valence-electron chi connectivity index (χ2n) is 2.93. The molecule has 0 spiro atoms. The van der Waals surface area contributed by atoms with Gasteiger partial charge < -0.3 is 5.32 Å². The fraction of sp³-hybridized carbons (Fsp3) is 0.222. The van der Waals surface area contributed by atoms with Gasteiger partial charge in [0.05, 0.1) is 0 Å². The van der Waals surface area contributed by atoms with Crippen LogP contribution in [0.5, 0.6) is 0 Å². The lowest BCUT2D eigenvalue weighted by Gasteiger charge is -2.05. The van der Waals surface area contributed by atoms with Crippen molar-refractivity contribution in [1.82, 2.24) is 15.6 Å². The summed E-state index contributed by atoms with van der Waals surface area (Å²) < 4.78 is 0. The van der Waals surface area contributed by atoms with Crippen molar-refractivity contribution in [2.75, 3.05) is 7.05 Å². The average Bonchev–Trinajstić information content (AvgIpc) is 2.61. The largest absolute Gasteiger partial charge is 0.340 e. The van der Waals surface area contributed by atoms with Crippen molar-refractivity contribution in [2.24, 2.45) is 4.99 Å². The molecule has 1 aromatic rings. The van der Waals surface area contributed by atoms with E-state index in [1.807, 2.05) is 6.07 Å². The number of aliphatic imine (C=N–C) groups is 1. The third-order valence-electron chi connectivity index (χ3n) is 2.03. The van der Waals surface area contributed by atoms with E-state index in [4.69, 9.17) is 0 Å². The SMILES string of the molecule is CN=C1NC(=O)C(c2cccnc2)N1. The molecular weight excluding hydrogens is 180 g/mol. The van der Waals surface area contributed by atoms with Gasteiger partial charge in [0.25, 0.3) is 5.91 Å². The molecule has 0 radical (unpaired) electrons. The summed E-state index contributed by atoms with van der Waals surface area (Å²) in [5.41, 5.74) is 0.837. The number of hydrogen-bond acceptors (Lipinski definition) is 3. The lowest BCUT2D eigenvalue weighted by molar-refractivity contribution is -0.120. The highest BCUT2D eigenvalue weighted by Gasteiger charge is 2.29. The van der Waals surface area contributed by atoms with E-state index in [2.05, 4.69) is 20.6 Å². The van der Waals surface area contributed by atoms with E-state index >= 15 is 0 Å². The van der Waals surface area contributed by atoms with Gasteiger partial charge in [-0.25, -0.2) is 0 Å². The molecule has 1 saturated heterocycles. The summed E-state index contributed by atoms with van der Waals surface area (Å²) in [7, 11) is 1.62.